The molecule has 2 amide bonds. The number of hydrogen-bond donors (Lipinski definition) is 2. The molecule has 1 unspecified atom stereocenters. The van der Waals surface area contributed by atoms with Crippen molar-refractivity contribution in [1.82, 2.24) is 10.2 Å². The van der Waals surface area contributed by atoms with E-state index in [4.69, 9.17) is 0 Å². The number of halogens is 1. The summed E-state index contributed by atoms with van der Waals surface area (Å²) < 4.78 is 13.7. The summed E-state index contributed by atoms with van der Waals surface area (Å²) in [5.74, 6) is -1.20. The number of nitrogens with zero attached hydrogens (tertiary/aromatic N) is 1. The summed E-state index contributed by atoms with van der Waals surface area (Å²) in [6.45, 7) is 4.99. The van der Waals surface area contributed by atoms with Gasteiger partial charge in [-0.05, 0) is 36.8 Å². The smallest absolute Gasteiger partial charge is 0.254 e. The highest BCUT2D eigenvalue weighted by Gasteiger charge is 2.31. The third kappa shape index (κ3) is 4.32. The molecule has 5 nitrogen and oxygen atoms in total. The molecule has 6 heteroatoms. The molecular weight excluding hydrogens is 311 g/mol. The van der Waals surface area contributed by atoms with Gasteiger partial charge in [0.05, 0.1) is 5.56 Å². The third-order valence-corrected chi connectivity index (χ3v) is 4.52. The molecule has 1 heterocycles. The Bertz CT molecular complexity index is 583. The molecule has 132 valence electrons. The van der Waals surface area contributed by atoms with E-state index in [1.54, 1.807) is 11.0 Å². The van der Waals surface area contributed by atoms with E-state index < -0.39 is 17.8 Å². The fourth-order valence-corrected chi connectivity index (χ4v) is 2.91. The van der Waals surface area contributed by atoms with Gasteiger partial charge in [-0.3, -0.25) is 9.59 Å². The molecule has 0 radical (unpaired) electrons. The molecule has 1 aromatic carbocycles. The van der Waals surface area contributed by atoms with Crippen LogP contribution < -0.4 is 5.32 Å². The van der Waals surface area contributed by atoms with Crippen molar-refractivity contribution < 1.29 is 19.1 Å². The molecule has 24 heavy (non-hydrogen) atoms. The van der Waals surface area contributed by atoms with Gasteiger partial charge in [-0.25, -0.2) is 4.39 Å². The average molecular weight is 336 g/mol. The van der Waals surface area contributed by atoms with E-state index in [0.717, 1.165) is 12.8 Å². The van der Waals surface area contributed by atoms with Gasteiger partial charge < -0.3 is 15.3 Å². The number of aliphatic hydroxyl groups excluding tert-OH is 1. The van der Waals surface area contributed by atoms with E-state index in [9.17, 15) is 19.1 Å². The molecule has 1 aliphatic heterocycles. The van der Waals surface area contributed by atoms with Gasteiger partial charge in [-0.1, -0.05) is 26.0 Å². The van der Waals surface area contributed by atoms with Crippen molar-refractivity contribution in [2.45, 2.75) is 32.7 Å². The van der Waals surface area contributed by atoms with Crippen molar-refractivity contribution in [3.05, 3.63) is 35.6 Å². The van der Waals surface area contributed by atoms with Crippen molar-refractivity contribution in [3.63, 3.8) is 0 Å². The van der Waals surface area contributed by atoms with Crippen molar-refractivity contribution in [2.75, 3.05) is 19.7 Å². The van der Waals surface area contributed by atoms with Crippen LogP contribution in [0.15, 0.2) is 24.3 Å². The fraction of sp³-hybridized carbons (Fsp3) is 0.556. The van der Waals surface area contributed by atoms with Crippen LogP contribution in [0, 0.1) is 17.7 Å². The summed E-state index contributed by atoms with van der Waals surface area (Å²) in [4.78, 5) is 26.8. The Morgan fingerprint density at radius 3 is 2.46 bits per heavy atom. The summed E-state index contributed by atoms with van der Waals surface area (Å²) in [6, 6.07) is 5.04. The van der Waals surface area contributed by atoms with E-state index in [1.807, 2.05) is 13.8 Å². The van der Waals surface area contributed by atoms with Gasteiger partial charge in [-0.15, -0.1) is 0 Å². The van der Waals surface area contributed by atoms with Crippen LogP contribution in [0.4, 0.5) is 4.39 Å². The quantitative estimate of drug-likeness (QED) is 0.862. The number of benzene rings is 1. The topological polar surface area (TPSA) is 69.6 Å². The summed E-state index contributed by atoms with van der Waals surface area (Å²) in [6.07, 6.45) is 1.52. The van der Waals surface area contributed by atoms with Gasteiger partial charge in [0, 0.05) is 19.7 Å². The zero-order chi connectivity index (χ0) is 17.7. The normalized spacial score (nSPS) is 17.0. The molecule has 0 bridgehead atoms. The monoisotopic (exact) mass is 336 g/mol. The van der Waals surface area contributed by atoms with E-state index in [-0.39, 0.29) is 29.9 Å². The average Bonchev–Trinajstić information content (AvgIpc) is 2.59. The zero-order valence-electron chi connectivity index (χ0n) is 14.2. The Kier molecular flexibility index (Phi) is 6.31. The standard InChI is InChI=1S/C18H25FN2O3/c1-12(2)16(18(24)21-9-7-13(11-22)8-10-21)20-17(23)14-5-3-4-6-15(14)19/h3-6,12-13,16,22H,7-11H2,1-2H3,(H,20,23). The number of hydrogen-bond acceptors (Lipinski definition) is 3. The second-order valence-electron chi connectivity index (χ2n) is 6.63. The highest BCUT2D eigenvalue weighted by Crippen LogP contribution is 2.19. The fourth-order valence-electron chi connectivity index (χ4n) is 2.91. The second kappa shape index (κ2) is 8.24. The number of piperidine rings is 1. The summed E-state index contributed by atoms with van der Waals surface area (Å²) in [5.41, 5.74) is -0.0602. The zero-order valence-corrected chi connectivity index (χ0v) is 14.2. The van der Waals surface area contributed by atoms with Crippen LogP contribution >= 0.6 is 0 Å². The first kappa shape index (κ1) is 18.4. The van der Waals surface area contributed by atoms with Crippen molar-refractivity contribution >= 4 is 11.8 Å². The molecule has 2 rings (SSSR count). The largest absolute Gasteiger partial charge is 0.396 e. The first-order chi connectivity index (χ1) is 11.4. The predicted octanol–water partition coefficient (Wildman–Crippen LogP) is 1.81. The molecule has 0 aromatic heterocycles. The molecule has 0 spiro atoms. The lowest BCUT2D eigenvalue weighted by molar-refractivity contribution is -0.135. The Labute approximate surface area is 141 Å². The van der Waals surface area contributed by atoms with Crippen LogP contribution in [0.2, 0.25) is 0 Å². The van der Waals surface area contributed by atoms with Gasteiger partial charge >= 0.3 is 0 Å². The number of amides is 2. The van der Waals surface area contributed by atoms with Gasteiger partial charge in [0.1, 0.15) is 11.9 Å². The van der Waals surface area contributed by atoms with Crippen molar-refractivity contribution in [2.24, 2.45) is 11.8 Å². The first-order valence-electron chi connectivity index (χ1n) is 8.39. The molecule has 1 atom stereocenters. The molecule has 0 saturated carbocycles. The van der Waals surface area contributed by atoms with Crippen LogP contribution in [-0.4, -0.2) is 47.6 Å². The number of nitrogens with one attached hydrogen (secondary N) is 1. The summed E-state index contributed by atoms with van der Waals surface area (Å²) in [5, 5.41) is 11.9. The third-order valence-electron chi connectivity index (χ3n) is 4.52. The lowest BCUT2D eigenvalue weighted by Gasteiger charge is -2.35. The number of carbonyl (C=O) groups is 2. The van der Waals surface area contributed by atoms with Crippen molar-refractivity contribution in [3.8, 4) is 0 Å². The van der Waals surface area contributed by atoms with Crippen LogP contribution in [0.25, 0.3) is 0 Å². The molecule has 2 N–H and O–H groups in total. The van der Waals surface area contributed by atoms with E-state index in [2.05, 4.69) is 5.32 Å². The van der Waals surface area contributed by atoms with Crippen LogP contribution in [0.1, 0.15) is 37.0 Å². The lowest BCUT2D eigenvalue weighted by Crippen LogP contribution is -2.53. The van der Waals surface area contributed by atoms with E-state index in [1.165, 1.54) is 18.2 Å². The summed E-state index contributed by atoms with van der Waals surface area (Å²) >= 11 is 0. The second-order valence-corrected chi connectivity index (χ2v) is 6.63. The molecule has 1 aliphatic rings. The van der Waals surface area contributed by atoms with E-state index in [0.29, 0.717) is 13.1 Å². The van der Waals surface area contributed by atoms with Gasteiger partial charge in [0.25, 0.3) is 5.91 Å². The maximum Gasteiger partial charge on any atom is 0.254 e. The minimum atomic E-state index is -0.692. The number of likely N-dealkylation sites (tertiary alicyclic amines) is 1. The Hall–Kier alpha value is -1.95. The molecule has 0 aliphatic carbocycles. The highest BCUT2D eigenvalue weighted by molar-refractivity contribution is 5.97. The van der Waals surface area contributed by atoms with Crippen LogP contribution in [0.3, 0.4) is 0 Å². The Balaban J connectivity index is 2.05. The number of carbonyl (C=O) groups excluding carboxylic acids is 2. The maximum absolute atomic E-state index is 13.7. The first-order valence-corrected chi connectivity index (χ1v) is 8.39. The van der Waals surface area contributed by atoms with Gasteiger partial charge in [-0.2, -0.15) is 0 Å². The van der Waals surface area contributed by atoms with E-state index >= 15 is 0 Å². The lowest BCUT2D eigenvalue weighted by atomic mass is 9.95. The van der Waals surface area contributed by atoms with Gasteiger partial charge in [0.2, 0.25) is 5.91 Å². The minimum Gasteiger partial charge on any atom is -0.396 e. The molecule has 1 fully saturated rings. The maximum atomic E-state index is 13.7. The van der Waals surface area contributed by atoms with Gasteiger partial charge in [0.15, 0.2) is 0 Å². The van der Waals surface area contributed by atoms with Crippen LogP contribution in [-0.2, 0) is 4.79 Å². The number of rotatable bonds is 5. The minimum absolute atomic E-state index is 0.0602. The van der Waals surface area contributed by atoms with Crippen LogP contribution in [0.5, 0.6) is 0 Å². The highest BCUT2D eigenvalue weighted by atomic mass is 19.1. The number of aliphatic hydroxyl groups is 1. The van der Waals surface area contributed by atoms with Crippen molar-refractivity contribution in [1.29, 1.82) is 0 Å². The summed E-state index contributed by atoms with van der Waals surface area (Å²) in [7, 11) is 0. The SMILES string of the molecule is CC(C)C(NC(=O)c1ccccc1F)C(=O)N1CCC(CO)CC1. The Morgan fingerprint density at radius 1 is 1.29 bits per heavy atom. The predicted molar refractivity (Wildman–Crippen MR) is 88.9 cm³/mol. The molecular formula is C18H25FN2O3. The Morgan fingerprint density at radius 2 is 1.92 bits per heavy atom. The molecule has 1 aromatic rings. The molecule has 1 saturated heterocycles.